The van der Waals surface area contributed by atoms with Gasteiger partial charge in [-0.2, -0.15) is 0 Å². The molecular formula is C74H145NO8. The second kappa shape index (κ2) is 63.9. The first-order valence-electron chi connectivity index (χ1n) is 37.4. The van der Waals surface area contributed by atoms with Crippen molar-refractivity contribution in [3.05, 3.63) is 12.2 Å². The quantitative estimate of drug-likeness (QED) is 0.0261. The molecule has 1 saturated heterocycles. The Hall–Kier alpha value is -1.07. The van der Waals surface area contributed by atoms with Crippen LogP contribution in [0.3, 0.4) is 0 Å². The predicted molar refractivity (Wildman–Crippen MR) is 355 cm³/mol. The highest BCUT2D eigenvalue weighted by molar-refractivity contribution is 5.76. The molecule has 0 aromatic carbocycles. The van der Waals surface area contributed by atoms with Crippen molar-refractivity contribution in [1.82, 2.24) is 5.32 Å². The maximum atomic E-state index is 13.2. The Bertz CT molecular complexity index is 1320. The first kappa shape index (κ1) is 79.9. The average molecular weight is 1180 g/mol. The molecule has 0 spiro atoms. The zero-order chi connectivity index (χ0) is 60.0. The van der Waals surface area contributed by atoms with E-state index in [1.807, 2.05) is 0 Å². The van der Waals surface area contributed by atoms with Gasteiger partial charge in [0, 0.05) is 6.42 Å². The van der Waals surface area contributed by atoms with Gasteiger partial charge in [-0.3, -0.25) is 4.79 Å². The number of rotatable bonds is 67. The first-order chi connectivity index (χ1) is 40.8. The highest BCUT2D eigenvalue weighted by Gasteiger charge is 2.44. The monoisotopic (exact) mass is 1180 g/mol. The minimum Gasteiger partial charge on any atom is -0.394 e. The molecule has 6 N–H and O–H groups in total. The van der Waals surface area contributed by atoms with E-state index in [0.29, 0.717) is 12.8 Å². The number of allylic oxidation sites excluding steroid dienone is 2. The summed E-state index contributed by atoms with van der Waals surface area (Å²) in [5, 5.41) is 55.0. The summed E-state index contributed by atoms with van der Waals surface area (Å²) in [6.45, 7) is 3.91. The Morgan fingerprint density at radius 1 is 0.398 bits per heavy atom. The van der Waals surface area contributed by atoms with E-state index in [1.165, 1.54) is 334 Å². The summed E-state index contributed by atoms with van der Waals surface area (Å²) in [6.07, 6.45) is 75.9. The van der Waals surface area contributed by atoms with Crippen LogP contribution < -0.4 is 5.32 Å². The molecule has 1 heterocycles. The predicted octanol–water partition coefficient (Wildman–Crippen LogP) is 20.7. The molecule has 1 aliphatic heterocycles. The maximum Gasteiger partial charge on any atom is 0.220 e. The Balaban J connectivity index is 2.05. The van der Waals surface area contributed by atoms with Gasteiger partial charge in [-0.25, -0.2) is 0 Å². The Morgan fingerprint density at radius 2 is 0.675 bits per heavy atom. The smallest absolute Gasteiger partial charge is 0.220 e. The molecule has 494 valence electrons. The number of carbonyl (C=O) groups is 1. The van der Waals surface area contributed by atoms with E-state index in [2.05, 4.69) is 31.3 Å². The zero-order valence-corrected chi connectivity index (χ0v) is 55.5. The largest absolute Gasteiger partial charge is 0.394 e. The van der Waals surface area contributed by atoms with Gasteiger partial charge in [-0.1, -0.05) is 366 Å². The fourth-order valence-electron chi connectivity index (χ4n) is 12.5. The van der Waals surface area contributed by atoms with Crippen molar-refractivity contribution < 1.29 is 39.8 Å². The van der Waals surface area contributed by atoms with E-state index in [0.717, 1.165) is 38.5 Å². The zero-order valence-electron chi connectivity index (χ0n) is 55.5. The van der Waals surface area contributed by atoms with Crippen molar-refractivity contribution in [3.8, 4) is 0 Å². The Kier molecular flexibility index (Phi) is 61.6. The van der Waals surface area contributed by atoms with Crippen molar-refractivity contribution in [1.29, 1.82) is 0 Å². The normalized spacial score (nSPS) is 18.2. The molecule has 1 rings (SSSR count). The van der Waals surface area contributed by atoms with Crippen LogP contribution in [0.4, 0.5) is 0 Å². The Morgan fingerprint density at radius 3 is 0.976 bits per heavy atom. The summed E-state index contributed by atoms with van der Waals surface area (Å²) in [6, 6.07) is -0.717. The van der Waals surface area contributed by atoms with E-state index in [-0.39, 0.29) is 12.5 Å². The molecule has 0 saturated carbocycles. The van der Waals surface area contributed by atoms with Crippen molar-refractivity contribution in [3.63, 3.8) is 0 Å². The van der Waals surface area contributed by atoms with Gasteiger partial charge >= 0.3 is 0 Å². The Labute approximate surface area is 516 Å². The van der Waals surface area contributed by atoms with Crippen molar-refractivity contribution in [2.45, 2.75) is 442 Å². The van der Waals surface area contributed by atoms with Crippen LogP contribution in [0.25, 0.3) is 0 Å². The highest BCUT2D eigenvalue weighted by atomic mass is 16.7. The second-order valence-electron chi connectivity index (χ2n) is 26.5. The van der Waals surface area contributed by atoms with Crippen LogP contribution in [0.2, 0.25) is 0 Å². The van der Waals surface area contributed by atoms with Crippen LogP contribution in [0, 0.1) is 0 Å². The van der Waals surface area contributed by atoms with Crippen LogP contribution in [0.1, 0.15) is 399 Å². The fraction of sp³-hybridized carbons (Fsp3) is 0.959. The molecule has 0 aliphatic carbocycles. The minimum atomic E-state index is -1.55. The van der Waals surface area contributed by atoms with Crippen LogP contribution >= 0.6 is 0 Å². The van der Waals surface area contributed by atoms with Crippen LogP contribution in [-0.4, -0.2) is 87.5 Å². The lowest BCUT2D eigenvalue weighted by molar-refractivity contribution is -0.302. The molecule has 1 aliphatic rings. The number of aliphatic hydroxyl groups excluding tert-OH is 5. The summed E-state index contributed by atoms with van der Waals surface area (Å²) in [5.74, 6) is -0.134. The summed E-state index contributed by atoms with van der Waals surface area (Å²) < 4.78 is 11.4. The van der Waals surface area contributed by atoms with Crippen molar-refractivity contribution >= 4 is 5.91 Å². The number of amides is 1. The lowest BCUT2D eigenvalue weighted by Crippen LogP contribution is -2.60. The first-order valence-corrected chi connectivity index (χ1v) is 37.4. The standard InChI is InChI=1S/C74H145NO8/c1-3-5-7-9-11-13-15-17-19-21-23-25-27-28-29-30-31-32-33-34-35-36-37-38-39-40-42-44-46-48-50-52-54-56-58-60-62-64-70(78)75-67(66-82-74-73(81)72(80)71(79)69(65-76)83-74)68(77)63-61-59-57-55-53-51-49-47-45-43-41-26-24-22-20-18-16-14-12-10-8-6-4-2/h32-33,67-69,71-74,76-77,79-81H,3-31,34-66H2,1-2H3,(H,75,78)/b33-32-. The molecule has 7 unspecified atom stereocenters. The van der Waals surface area contributed by atoms with Gasteiger partial charge in [-0.15, -0.1) is 0 Å². The summed E-state index contributed by atoms with van der Waals surface area (Å²) in [7, 11) is 0. The molecule has 9 nitrogen and oxygen atoms in total. The van der Waals surface area contributed by atoms with E-state index in [4.69, 9.17) is 9.47 Å². The molecule has 0 radical (unpaired) electrons. The van der Waals surface area contributed by atoms with E-state index in [1.54, 1.807) is 0 Å². The molecule has 0 aromatic rings. The number of unbranched alkanes of at least 4 members (excludes halogenated alkanes) is 55. The van der Waals surface area contributed by atoms with Gasteiger partial charge in [-0.05, 0) is 38.5 Å². The molecule has 7 atom stereocenters. The van der Waals surface area contributed by atoms with E-state index in [9.17, 15) is 30.3 Å². The van der Waals surface area contributed by atoms with Gasteiger partial charge < -0.3 is 40.3 Å². The average Bonchev–Trinajstić information content (AvgIpc) is 3.60. The molecule has 9 heteroatoms. The van der Waals surface area contributed by atoms with Crippen molar-refractivity contribution in [2.24, 2.45) is 0 Å². The molecular weight excluding hydrogens is 1030 g/mol. The van der Waals surface area contributed by atoms with Gasteiger partial charge in [0.15, 0.2) is 6.29 Å². The van der Waals surface area contributed by atoms with E-state index >= 15 is 0 Å². The third-order valence-electron chi connectivity index (χ3n) is 18.4. The van der Waals surface area contributed by atoms with Crippen LogP contribution in [-0.2, 0) is 14.3 Å². The van der Waals surface area contributed by atoms with E-state index < -0.39 is 49.5 Å². The van der Waals surface area contributed by atoms with Gasteiger partial charge in [0.2, 0.25) is 5.91 Å². The number of ether oxygens (including phenoxy) is 2. The molecule has 1 fully saturated rings. The van der Waals surface area contributed by atoms with Crippen molar-refractivity contribution in [2.75, 3.05) is 13.2 Å². The van der Waals surface area contributed by atoms with Crippen LogP contribution in [0.5, 0.6) is 0 Å². The lowest BCUT2D eigenvalue weighted by Gasteiger charge is -2.40. The highest BCUT2D eigenvalue weighted by Crippen LogP contribution is 2.24. The lowest BCUT2D eigenvalue weighted by atomic mass is 9.99. The number of hydrogen-bond acceptors (Lipinski definition) is 8. The third-order valence-corrected chi connectivity index (χ3v) is 18.4. The number of hydrogen-bond donors (Lipinski definition) is 6. The molecule has 83 heavy (non-hydrogen) atoms. The van der Waals surface area contributed by atoms with Gasteiger partial charge in [0.05, 0.1) is 25.4 Å². The summed E-state index contributed by atoms with van der Waals surface area (Å²) in [4.78, 5) is 13.2. The molecule has 0 bridgehead atoms. The van der Waals surface area contributed by atoms with Gasteiger partial charge in [0.1, 0.15) is 24.4 Å². The fourth-order valence-corrected chi connectivity index (χ4v) is 12.5. The number of nitrogens with one attached hydrogen (secondary N) is 1. The minimum absolute atomic E-state index is 0.132. The number of aliphatic hydroxyl groups is 5. The number of carbonyl (C=O) groups excluding carboxylic acids is 1. The summed E-state index contributed by atoms with van der Waals surface area (Å²) in [5.41, 5.74) is 0. The van der Waals surface area contributed by atoms with Gasteiger partial charge in [0.25, 0.3) is 0 Å². The third kappa shape index (κ3) is 52.6. The molecule has 0 aromatic heterocycles. The maximum absolute atomic E-state index is 13.2. The topological polar surface area (TPSA) is 149 Å². The van der Waals surface area contributed by atoms with Crippen LogP contribution in [0.15, 0.2) is 12.2 Å². The SMILES string of the molecule is CCCCCCCCCCCCCCCCCC/C=C\CCCCCCCCCCCCCCCCCCCC(=O)NC(COC1OC(CO)C(O)C(O)C1O)C(O)CCCCCCCCCCCCCCCCCCCCCCCCC. The second-order valence-corrected chi connectivity index (χ2v) is 26.5. The summed E-state index contributed by atoms with van der Waals surface area (Å²) >= 11 is 0. The molecule has 1 amide bonds.